The number of benzene rings is 2. The van der Waals surface area contributed by atoms with Crippen LogP contribution in [-0.4, -0.2) is 49.5 Å². The van der Waals surface area contributed by atoms with E-state index in [0.717, 1.165) is 24.3 Å². The van der Waals surface area contributed by atoms with Gasteiger partial charge < -0.3 is 19.9 Å². The van der Waals surface area contributed by atoms with Gasteiger partial charge in [0.25, 0.3) is 5.91 Å². The van der Waals surface area contributed by atoms with Crippen molar-refractivity contribution >= 4 is 23.2 Å². The molecule has 28 heavy (non-hydrogen) atoms. The van der Waals surface area contributed by atoms with E-state index in [2.05, 4.69) is 41.4 Å². The van der Waals surface area contributed by atoms with Crippen molar-refractivity contribution in [3.05, 3.63) is 53.6 Å². The van der Waals surface area contributed by atoms with Crippen molar-refractivity contribution in [1.29, 1.82) is 0 Å². The van der Waals surface area contributed by atoms with Crippen molar-refractivity contribution in [1.82, 2.24) is 4.90 Å². The Labute approximate surface area is 165 Å². The minimum Gasteiger partial charge on any atom is -0.484 e. The summed E-state index contributed by atoms with van der Waals surface area (Å²) in [4.78, 5) is 28.1. The van der Waals surface area contributed by atoms with Crippen molar-refractivity contribution < 1.29 is 14.3 Å². The van der Waals surface area contributed by atoms with Crippen LogP contribution in [0, 0.1) is 6.92 Å². The molecule has 2 aliphatic heterocycles. The molecule has 2 heterocycles. The van der Waals surface area contributed by atoms with Crippen LogP contribution in [0.1, 0.15) is 17.5 Å². The molecule has 0 radical (unpaired) electrons. The number of hydrogen-bond acceptors (Lipinski definition) is 4. The van der Waals surface area contributed by atoms with Gasteiger partial charge in [-0.25, -0.2) is 0 Å². The summed E-state index contributed by atoms with van der Waals surface area (Å²) in [6.07, 6.45) is 1.19. The molecule has 0 atom stereocenters. The maximum atomic E-state index is 12.5. The van der Waals surface area contributed by atoms with Crippen LogP contribution in [-0.2, 0) is 16.0 Å². The Morgan fingerprint density at radius 2 is 1.89 bits per heavy atom. The number of piperazine rings is 1. The lowest BCUT2D eigenvalue weighted by Gasteiger charge is -2.36. The van der Waals surface area contributed by atoms with Gasteiger partial charge in [0.1, 0.15) is 5.75 Å². The van der Waals surface area contributed by atoms with E-state index in [1.54, 1.807) is 6.07 Å². The lowest BCUT2D eigenvalue weighted by molar-refractivity contribution is -0.133. The summed E-state index contributed by atoms with van der Waals surface area (Å²) in [6, 6.07) is 14.0. The Hall–Kier alpha value is -3.02. The van der Waals surface area contributed by atoms with Crippen molar-refractivity contribution in [3.63, 3.8) is 0 Å². The minimum absolute atomic E-state index is 0.00918. The van der Waals surface area contributed by atoms with Gasteiger partial charge >= 0.3 is 0 Å². The molecule has 146 valence electrons. The monoisotopic (exact) mass is 379 g/mol. The van der Waals surface area contributed by atoms with Crippen LogP contribution in [0.4, 0.5) is 11.4 Å². The van der Waals surface area contributed by atoms with E-state index >= 15 is 0 Å². The Kier molecular flexibility index (Phi) is 5.19. The average Bonchev–Trinajstić information content (AvgIpc) is 2.72. The summed E-state index contributed by atoms with van der Waals surface area (Å²) in [5, 5.41) is 2.85. The number of carbonyl (C=O) groups excluding carboxylic acids is 2. The highest BCUT2D eigenvalue weighted by Crippen LogP contribution is 2.27. The number of nitrogens with zero attached hydrogens (tertiary/aromatic N) is 2. The molecular weight excluding hydrogens is 354 g/mol. The predicted molar refractivity (Wildman–Crippen MR) is 109 cm³/mol. The highest BCUT2D eigenvalue weighted by atomic mass is 16.5. The van der Waals surface area contributed by atoms with Gasteiger partial charge in [0.2, 0.25) is 5.91 Å². The largest absolute Gasteiger partial charge is 0.484 e. The molecule has 4 rings (SSSR count). The number of carbonyl (C=O) groups is 2. The molecule has 2 amide bonds. The van der Waals surface area contributed by atoms with Gasteiger partial charge in [-0.05, 0) is 54.8 Å². The number of hydrogen-bond donors (Lipinski definition) is 1. The molecule has 1 N–H and O–H groups in total. The van der Waals surface area contributed by atoms with Gasteiger partial charge in [0, 0.05) is 44.0 Å². The van der Waals surface area contributed by atoms with Gasteiger partial charge in [-0.2, -0.15) is 0 Å². The molecule has 6 nitrogen and oxygen atoms in total. The Balaban J connectivity index is 1.29. The van der Waals surface area contributed by atoms with Gasteiger partial charge in [0.05, 0.1) is 0 Å². The highest BCUT2D eigenvalue weighted by Gasteiger charge is 2.22. The number of ether oxygens (including phenoxy) is 1. The van der Waals surface area contributed by atoms with Gasteiger partial charge in [-0.15, -0.1) is 0 Å². The SMILES string of the molecule is Cc1cccc(N2CCN(C(=O)COc3ccc4c(c3)CCC(=O)N4)CC2)c1. The Bertz CT molecular complexity index is 888. The van der Waals surface area contributed by atoms with Crippen LogP contribution < -0.4 is 15.0 Å². The molecule has 1 saturated heterocycles. The fourth-order valence-electron chi connectivity index (χ4n) is 3.72. The van der Waals surface area contributed by atoms with Crippen LogP contribution in [0.2, 0.25) is 0 Å². The standard InChI is InChI=1S/C22H25N3O3/c1-16-3-2-4-18(13-16)24-9-11-25(12-10-24)22(27)15-28-19-6-7-20-17(14-19)5-8-21(26)23-20/h2-4,6-7,13-14H,5,8-12,15H2,1H3,(H,23,26). The lowest BCUT2D eigenvalue weighted by Crippen LogP contribution is -2.50. The molecule has 2 aromatic rings. The Morgan fingerprint density at radius 3 is 2.68 bits per heavy atom. The number of nitrogens with one attached hydrogen (secondary N) is 1. The van der Waals surface area contributed by atoms with Crippen LogP contribution in [0.5, 0.6) is 5.75 Å². The summed E-state index contributed by atoms with van der Waals surface area (Å²) in [7, 11) is 0. The summed E-state index contributed by atoms with van der Waals surface area (Å²) < 4.78 is 5.72. The summed E-state index contributed by atoms with van der Waals surface area (Å²) >= 11 is 0. The zero-order valence-electron chi connectivity index (χ0n) is 16.1. The second kappa shape index (κ2) is 7.92. The second-order valence-corrected chi connectivity index (χ2v) is 7.36. The first-order valence-corrected chi connectivity index (χ1v) is 9.73. The Morgan fingerprint density at radius 1 is 1.07 bits per heavy atom. The molecule has 2 aliphatic rings. The van der Waals surface area contributed by atoms with Crippen LogP contribution in [0.25, 0.3) is 0 Å². The molecule has 0 spiro atoms. The smallest absolute Gasteiger partial charge is 0.260 e. The summed E-state index contributed by atoms with van der Waals surface area (Å²) in [5.41, 5.74) is 4.34. The van der Waals surface area contributed by atoms with E-state index in [4.69, 9.17) is 4.74 Å². The fourth-order valence-corrected chi connectivity index (χ4v) is 3.72. The zero-order chi connectivity index (χ0) is 19.5. The third kappa shape index (κ3) is 4.11. The van der Waals surface area contributed by atoms with Gasteiger partial charge in [-0.3, -0.25) is 9.59 Å². The molecule has 6 heteroatoms. The van der Waals surface area contributed by atoms with Crippen LogP contribution in [0.3, 0.4) is 0 Å². The van der Waals surface area contributed by atoms with E-state index in [1.165, 1.54) is 11.3 Å². The number of amides is 2. The summed E-state index contributed by atoms with van der Waals surface area (Å²) in [5.74, 6) is 0.720. The lowest BCUT2D eigenvalue weighted by atomic mass is 10.0. The zero-order valence-corrected chi connectivity index (χ0v) is 16.1. The van der Waals surface area contributed by atoms with Crippen LogP contribution in [0.15, 0.2) is 42.5 Å². The van der Waals surface area contributed by atoms with Crippen molar-refractivity contribution in [2.75, 3.05) is 43.0 Å². The molecule has 2 aromatic carbocycles. The number of aryl methyl sites for hydroxylation is 2. The first-order chi connectivity index (χ1) is 13.6. The molecular formula is C22H25N3O3. The van der Waals surface area contributed by atoms with E-state index in [-0.39, 0.29) is 18.4 Å². The van der Waals surface area contributed by atoms with E-state index < -0.39 is 0 Å². The molecule has 0 saturated carbocycles. The molecule has 0 unspecified atom stereocenters. The maximum absolute atomic E-state index is 12.5. The first-order valence-electron chi connectivity index (χ1n) is 9.73. The van der Waals surface area contributed by atoms with Crippen LogP contribution >= 0.6 is 0 Å². The van der Waals surface area contributed by atoms with E-state index in [0.29, 0.717) is 31.7 Å². The van der Waals surface area contributed by atoms with Gasteiger partial charge in [0.15, 0.2) is 6.61 Å². The first kappa shape index (κ1) is 18.3. The molecule has 1 fully saturated rings. The number of rotatable bonds is 4. The minimum atomic E-state index is 0.00918. The molecule has 0 aliphatic carbocycles. The quantitative estimate of drug-likeness (QED) is 0.887. The molecule has 0 bridgehead atoms. The number of anilines is 2. The third-order valence-electron chi connectivity index (χ3n) is 5.33. The fraction of sp³-hybridized carbons (Fsp3) is 0.364. The van der Waals surface area contributed by atoms with Crippen molar-refractivity contribution in [2.24, 2.45) is 0 Å². The summed E-state index contributed by atoms with van der Waals surface area (Å²) in [6.45, 7) is 5.19. The second-order valence-electron chi connectivity index (χ2n) is 7.36. The predicted octanol–water partition coefficient (Wildman–Crippen LogP) is 2.61. The normalized spacial score (nSPS) is 16.4. The molecule has 0 aromatic heterocycles. The number of fused-ring (bicyclic) bond motifs is 1. The average molecular weight is 379 g/mol. The van der Waals surface area contributed by atoms with Crippen molar-refractivity contribution in [3.8, 4) is 5.75 Å². The maximum Gasteiger partial charge on any atom is 0.260 e. The van der Waals surface area contributed by atoms with Gasteiger partial charge in [-0.1, -0.05) is 12.1 Å². The topological polar surface area (TPSA) is 61.9 Å². The van der Waals surface area contributed by atoms with Crippen molar-refractivity contribution in [2.45, 2.75) is 19.8 Å². The van der Waals surface area contributed by atoms with E-state index in [9.17, 15) is 9.59 Å². The third-order valence-corrected chi connectivity index (χ3v) is 5.33. The highest BCUT2D eigenvalue weighted by molar-refractivity contribution is 5.94. The van der Waals surface area contributed by atoms with E-state index in [1.807, 2.05) is 17.0 Å².